The lowest BCUT2D eigenvalue weighted by Gasteiger charge is -2.26. The molecule has 0 N–H and O–H groups in total. The van der Waals surface area contributed by atoms with Crippen molar-refractivity contribution >= 4 is 16.9 Å². The predicted molar refractivity (Wildman–Crippen MR) is 136 cm³/mol. The second-order valence-electron chi connectivity index (χ2n) is 8.71. The number of carbonyl (C=O) groups excluding carboxylic acids is 1. The van der Waals surface area contributed by atoms with Gasteiger partial charge in [0.1, 0.15) is 5.58 Å². The van der Waals surface area contributed by atoms with Gasteiger partial charge in [-0.05, 0) is 54.8 Å². The molecule has 2 aromatic carbocycles. The van der Waals surface area contributed by atoms with Crippen LogP contribution in [0.1, 0.15) is 60.0 Å². The molecule has 2 aromatic heterocycles. The minimum Gasteiger partial charge on any atom is -0.490 e. The van der Waals surface area contributed by atoms with Gasteiger partial charge in [-0.3, -0.25) is 14.6 Å². The minimum atomic E-state index is -0.641. The van der Waals surface area contributed by atoms with Crippen molar-refractivity contribution in [2.75, 3.05) is 13.2 Å². The van der Waals surface area contributed by atoms with Gasteiger partial charge in [-0.1, -0.05) is 37.6 Å². The van der Waals surface area contributed by atoms with Gasteiger partial charge in [0.05, 0.1) is 30.2 Å². The number of ether oxygens (including phenoxy) is 2. The van der Waals surface area contributed by atoms with Gasteiger partial charge < -0.3 is 18.8 Å². The van der Waals surface area contributed by atoms with Crippen molar-refractivity contribution in [2.24, 2.45) is 0 Å². The molecule has 0 spiro atoms. The molecule has 0 fully saturated rings. The van der Waals surface area contributed by atoms with Crippen LogP contribution >= 0.6 is 0 Å². The Kier molecular flexibility index (Phi) is 6.71. The topological polar surface area (TPSA) is 81.9 Å². The van der Waals surface area contributed by atoms with Gasteiger partial charge in [-0.15, -0.1) is 0 Å². The first kappa shape index (κ1) is 23.6. The molecule has 1 aliphatic rings. The number of rotatable bonds is 9. The molecular weight excluding hydrogens is 456 g/mol. The summed E-state index contributed by atoms with van der Waals surface area (Å²) in [5.74, 6) is 0.971. The van der Waals surface area contributed by atoms with E-state index in [4.69, 9.17) is 13.9 Å². The highest BCUT2D eigenvalue weighted by Crippen LogP contribution is 2.41. The third-order valence-corrected chi connectivity index (χ3v) is 6.29. The smallest absolute Gasteiger partial charge is 0.291 e. The normalized spacial score (nSPS) is 14.8. The molecule has 7 heteroatoms. The first-order valence-corrected chi connectivity index (χ1v) is 12.3. The van der Waals surface area contributed by atoms with E-state index in [0.717, 1.165) is 24.0 Å². The number of hydrogen-bond donors (Lipinski definition) is 0. The highest BCUT2D eigenvalue weighted by Gasteiger charge is 2.43. The quantitative estimate of drug-likeness (QED) is 0.291. The maximum absolute atomic E-state index is 13.7. The van der Waals surface area contributed by atoms with Crippen LogP contribution in [-0.4, -0.2) is 29.0 Å². The Morgan fingerprint density at radius 1 is 1.00 bits per heavy atom. The summed E-state index contributed by atoms with van der Waals surface area (Å²) >= 11 is 0. The highest BCUT2D eigenvalue weighted by atomic mass is 16.5. The molecule has 7 nitrogen and oxygen atoms in total. The Morgan fingerprint density at radius 3 is 2.64 bits per heavy atom. The summed E-state index contributed by atoms with van der Waals surface area (Å²) < 4.78 is 17.9. The summed E-state index contributed by atoms with van der Waals surface area (Å²) in [7, 11) is 0. The Morgan fingerprint density at radius 2 is 1.86 bits per heavy atom. The molecule has 0 saturated carbocycles. The van der Waals surface area contributed by atoms with E-state index in [1.54, 1.807) is 41.6 Å². The van der Waals surface area contributed by atoms with E-state index in [1.165, 1.54) is 0 Å². The minimum absolute atomic E-state index is 0.0776. The lowest BCUT2D eigenvalue weighted by Crippen LogP contribution is -2.29. The number of fused-ring (bicyclic) bond motifs is 2. The van der Waals surface area contributed by atoms with Crippen molar-refractivity contribution in [3.63, 3.8) is 0 Å². The fourth-order valence-corrected chi connectivity index (χ4v) is 4.57. The summed E-state index contributed by atoms with van der Waals surface area (Å²) in [5, 5.41) is 0.446. The number of benzene rings is 2. The van der Waals surface area contributed by atoms with Crippen LogP contribution in [0.3, 0.4) is 0 Å². The predicted octanol–water partition coefficient (Wildman–Crippen LogP) is 5.51. The molecule has 1 aliphatic heterocycles. The molecule has 3 heterocycles. The van der Waals surface area contributed by atoms with E-state index in [0.29, 0.717) is 41.2 Å². The molecular formula is C29H28N2O5. The molecule has 0 radical (unpaired) electrons. The molecule has 0 saturated heterocycles. The zero-order valence-electron chi connectivity index (χ0n) is 20.4. The van der Waals surface area contributed by atoms with Gasteiger partial charge in [0, 0.05) is 18.9 Å². The lowest BCUT2D eigenvalue weighted by atomic mass is 9.98. The Labute approximate surface area is 209 Å². The van der Waals surface area contributed by atoms with E-state index in [-0.39, 0.29) is 23.6 Å². The molecule has 184 valence electrons. The van der Waals surface area contributed by atoms with Crippen molar-refractivity contribution in [3.05, 3.63) is 99.7 Å². The molecule has 5 rings (SSSR count). The number of para-hydroxylation sites is 1. The summed E-state index contributed by atoms with van der Waals surface area (Å²) in [6, 6.07) is 15.7. The monoisotopic (exact) mass is 484 g/mol. The number of unbranched alkanes of at least 4 members (excludes halogenated alkanes) is 1. The third kappa shape index (κ3) is 4.33. The van der Waals surface area contributed by atoms with Crippen LogP contribution in [0.2, 0.25) is 0 Å². The van der Waals surface area contributed by atoms with Crippen molar-refractivity contribution in [3.8, 4) is 11.5 Å². The zero-order valence-corrected chi connectivity index (χ0v) is 20.4. The van der Waals surface area contributed by atoms with Crippen LogP contribution in [0.25, 0.3) is 11.0 Å². The number of aromatic nitrogens is 1. The molecule has 1 atom stereocenters. The van der Waals surface area contributed by atoms with Gasteiger partial charge in [0.15, 0.2) is 16.9 Å². The number of nitrogens with zero attached hydrogens (tertiary/aromatic N) is 2. The van der Waals surface area contributed by atoms with Crippen molar-refractivity contribution in [1.82, 2.24) is 9.88 Å². The van der Waals surface area contributed by atoms with Gasteiger partial charge in [-0.2, -0.15) is 0 Å². The van der Waals surface area contributed by atoms with E-state index >= 15 is 0 Å². The van der Waals surface area contributed by atoms with Crippen LogP contribution in [0.5, 0.6) is 11.5 Å². The fraction of sp³-hybridized carbons (Fsp3) is 0.276. The maximum Gasteiger partial charge on any atom is 0.291 e. The molecule has 4 aromatic rings. The van der Waals surface area contributed by atoms with Crippen molar-refractivity contribution < 1.29 is 18.7 Å². The van der Waals surface area contributed by atoms with Crippen LogP contribution in [0.4, 0.5) is 0 Å². The van der Waals surface area contributed by atoms with Gasteiger partial charge in [0.2, 0.25) is 5.76 Å². The number of amides is 1. The second kappa shape index (κ2) is 10.2. The van der Waals surface area contributed by atoms with Crippen molar-refractivity contribution in [2.45, 2.75) is 39.3 Å². The van der Waals surface area contributed by atoms with E-state index in [9.17, 15) is 9.59 Å². The fourth-order valence-electron chi connectivity index (χ4n) is 4.57. The standard InChI is InChI=1S/C29H28N2O5/c1-3-5-15-35-23-13-12-20(16-24(23)34-4-2)26-25-27(32)21-10-6-7-11-22(21)36-28(25)29(33)31(26)18-19-9-8-14-30-17-19/h6-14,16-17,26H,3-5,15,18H2,1-2H3. The van der Waals surface area contributed by atoms with Crippen LogP contribution in [0, 0.1) is 0 Å². The SMILES string of the molecule is CCCCOc1ccc(C2c3c(oc4ccccc4c3=O)C(=O)N2Cc2cccnc2)cc1OCC. The zero-order chi connectivity index (χ0) is 25.1. The van der Waals surface area contributed by atoms with Crippen molar-refractivity contribution in [1.29, 1.82) is 0 Å². The highest BCUT2D eigenvalue weighted by molar-refractivity contribution is 5.99. The van der Waals surface area contributed by atoms with Gasteiger partial charge >= 0.3 is 0 Å². The Balaban J connectivity index is 1.65. The molecule has 36 heavy (non-hydrogen) atoms. The summed E-state index contributed by atoms with van der Waals surface area (Å²) in [4.78, 5) is 33.2. The number of carbonyl (C=O) groups is 1. The summed E-state index contributed by atoms with van der Waals surface area (Å²) in [5.41, 5.74) is 2.13. The number of pyridine rings is 1. The lowest BCUT2D eigenvalue weighted by molar-refractivity contribution is 0.0714. The van der Waals surface area contributed by atoms with Gasteiger partial charge in [-0.25, -0.2) is 0 Å². The largest absolute Gasteiger partial charge is 0.490 e. The first-order chi connectivity index (χ1) is 17.6. The first-order valence-electron chi connectivity index (χ1n) is 12.3. The van der Waals surface area contributed by atoms with E-state index in [1.807, 2.05) is 37.3 Å². The van der Waals surface area contributed by atoms with Gasteiger partial charge in [0.25, 0.3) is 5.91 Å². The number of hydrogen-bond acceptors (Lipinski definition) is 6. The Hall–Kier alpha value is -4.13. The van der Waals surface area contributed by atoms with Crippen LogP contribution in [0.15, 0.2) is 76.2 Å². The molecule has 1 amide bonds. The summed E-state index contributed by atoms with van der Waals surface area (Å²) in [6.07, 6.45) is 5.36. The van der Waals surface area contributed by atoms with Crippen LogP contribution in [-0.2, 0) is 6.54 Å². The average molecular weight is 485 g/mol. The molecule has 1 unspecified atom stereocenters. The maximum atomic E-state index is 13.7. The van der Waals surface area contributed by atoms with E-state index < -0.39 is 6.04 Å². The second-order valence-corrected chi connectivity index (χ2v) is 8.71. The van der Waals surface area contributed by atoms with Crippen LogP contribution < -0.4 is 14.9 Å². The van der Waals surface area contributed by atoms with E-state index in [2.05, 4.69) is 11.9 Å². The Bertz CT molecular complexity index is 1450. The average Bonchev–Trinajstić information content (AvgIpc) is 3.17. The third-order valence-electron chi connectivity index (χ3n) is 6.29. The molecule has 0 bridgehead atoms. The summed E-state index contributed by atoms with van der Waals surface area (Å²) in [6.45, 7) is 5.34. The molecule has 0 aliphatic carbocycles.